The summed E-state index contributed by atoms with van der Waals surface area (Å²) in [6, 6.07) is 5.84. The standard InChI is InChI=1S/C16H20N2O2/c1-2-8-20-11-5-6-14-12(9-11)13(10-18-14)16(19)15-4-3-7-17-15/h5-6,9-10,15,17-18H,2-4,7-8H2,1H3. The Kier molecular flexibility index (Phi) is 3.74. The SMILES string of the molecule is CCCOc1ccc2[nH]cc(C(=O)C3CCCN3)c2c1. The van der Waals surface area contributed by atoms with Crippen molar-refractivity contribution in [3.63, 3.8) is 0 Å². The van der Waals surface area contributed by atoms with Gasteiger partial charge in [-0.15, -0.1) is 0 Å². The van der Waals surface area contributed by atoms with Crippen LogP contribution in [-0.2, 0) is 0 Å². The summed E-state index contributed by atoms with van der Waals surface area (Å²) in [5.74, 6) is 1.01. The number of fused-ring (bicyclic) bond motifs is 1. The number of ether oxygens (including phenoxy) is 1. The molecule has 0 radical (unpaired) electrons. The molecule has 1 aromatic heterocycles. The van der Waals surface area contributed by atoms with E-state index >= 15 is 0 Å². The number of carbonyl (C=O) groups excluding carboxylic acids is 1. The molecule has 2 aromatic rings. The van der Waals surface area contributed by atoms with Crippen molar-refractivity contribution in [2.45, 2.75) is 32.2 Å². The lowest BCUT2D eigenvalue weighted by Crippen LogP contribution is -2.30. The van der Waals surface area contributed by atoms with Gasteiger partial charge in [0.15, 0.2) is 5.78 Å². The number of ketones is 1. The Labute approximate surface area is 118 Å². The molecule has 0 amide bonds. The highest BCUT2D eigenvalue weighted by atomic mass is 16.5. The fraction of sp³-hybridized carbons (Fsp3) is 0.438. The van der Waals surface area contributed by atoms with E-state index in [1.807, 2.05) is 24.4 Å². The topological polar surface area (TPSA) is 54.1 Å². The summed E-state index contributed by atoms with van der Waals surface area (Å²) in [6.45, 7) is 3.71. The first-order valence-electron chi connectivity index (χ1n) is 7.31. The van der Waals surface area contributed by atoms with Gasteiger partial charge in [0.05, 0.1) is 12.6 Å². The van der Waals surface area contributed by atoms with Crippen LogP contribution in [0, 0.1) is 0 Å². The number of rotatable bonds is 5. The van der Waals surface area contributed by atoms with Crippen LogP contribution in [-0.4, -0.2) is 30.0 Å². The van der Waals surface area contributed by atoms with Gasteiger partial charge < -0.3 is 15.0 Å². The van der Waals surface area contributed by atoms with Gasteiger partial charge in [-0.3, -0.25) is 4.79 Å². The molecule has 0 saturated carbocycles. The third-order valence-electron chi connectivity index (χ3n) is 3.77. The average Bonchev–Trinajstić information content (AvgIpc) is 3.13. The number of aromatic amines is 1. The summed E-state index contributed by atoms with van der Waals surface area (Å²) in [7, 11) is 0. The van der Waals surface area contributed by atoms with E-state index in [-0.39, 0.29) is 11.8 Å². The number of nitrogens with one attached hydrogen (secondary N) is 2. The van der Waals surface area contributed by atoms with Crippen LogP contribution in [0.15, 0.2) is 24.4 Å². The monoisotopic (exact) mass is 272 g/mol. The first-order chi connectivity index (χ1) is 9.79. The fourth-order valence-corrected chi connectivity index (χ4v) is 2.71. The van der Waals surface area contributed by atoms with Crippen LogP contribution in [0.5, 0.6) is 5.75 Å². The maximum atomic E-state index is 12.5. The number of carbonyl (C=O) groups is 1. The van der Waals surface area contributed by atoms with Crippen molar-refractivity contribution in [3.8, 4) is 5.75 Å². The molecule has 20 heavy (non-hydrogen) atoms. The van der Waals surface area contributed by atoms with Crippen molar-refractivity contribution in [2.75, 3.05) is 13.2 Å². The molecule has 1 fully saturated rings. The normalized spacial score (nSPS) is 18.6. The van der Waals surface area contributed by atoms with Gasteiger partial charge in [0.2, 0.25) is 0 Å². The van der Waals surface area contributed by atoms with E-state index in [0.29, 0.717) is 6.61 Å². The van der Waals surface area contributed by atoms with Crippen molar-refractivity contribution in [3.05, 3.63) is 30.0 Å². The molecule has 0 bridgehead atoms. The summed E-state index contributed by atoms with van der Waals surface area (Å²) >= 11 is 0. The van der Waals surface area contributed by atoms with E-state index < -0.39 is 0 Å². The van der Waals surface area contributed by atoms with E-state index in [1.165, 1.54) is 0 Å². The van der Waals surface area contributed by atoms with Crippen LogP contribution in [0.25, 0.3) is 10.9 Å². The molecule has 1 atom stereocenters. The zero-order valence-electron chi connectivity index (χ0n) is 11.7. The molecule has 0 aliphatic carbocycles. The number of aromatic nitrogens is 1. The molecular formula is C16H20N2O2. The lowest BCUT2D eigenvalue weighted by molar-refractivity contribution is 0.0954. The highest BCUT2D eigenvalue weighted by Gasteiger charge is 2.25. The number of H-pyrrole nitrogens is 1. The Morgan fingerprint density at radius 3 is 3.10 bits per heavy atom. The number of hydrogen-bond acceptors (Lipinski definition) is 3. The maximum Gasteiger partial charge on any atom is 0.181 e. The predicted octanol–water partition coefficient (Wildman–Crippen LogP) is 2.89. The third kappa shape index (κ3) is 2.43. The van der Waals surface area contributed by atoms with E-state index in [9.17, 15) is 4.79 Å². The Morgan fingerprint density at radius 1 is 1.45 bits per heavy atom. The van der Waals surface area contributed by atoms with Gasteiger partial charge in [-0.2, -0.15) is 0 Å². The van der Waals surface area contributed by atoms with Crippen LogP contribution < -0.4 is 10.1 Å². The molecule has 4 nitrogen and oxygen atoms in total. The maximum absolute atomic E-state index is 12.5. The molecule has 1 aromatic carbocycles. The molecule has 1 saturated heterocycles. The number of Topliss-reactive ketones (excluding diaryl/α,β-unsaturated/α-hetero) is 1. The Morgan fingerprint density at radius 2 is 2.35 bits per heavy atom. The van der Waals surface area contributed by atoms with Crippen molar-refractivity contribution in [1.82, 2.24) is 10.3 Å². The fourth-order valence-electron chi connectivity index (χ4n) is 2.71. The van der Waals surface area contributed by atoms with Crippen molar-refractivity contribution in [1.29, 1.82) is 0 Å². The number of hydrogen-bond donors (Lipinski definition) is 2. The van der Waals surface area contributed by atoms with Crippen LogP contribution in [0.3, 0.4) is 0 Å². The molecule has 1 aliphatic rings. The van der Waals surface area contributed by atoms with Crippen LogP contribution in [0.2, 0.25) is 0 Å². The van der Waals surface area contributed by atoms with Gasteiger partial charge in [-0.25, -0.2) is 0 Å². The highest BCUT2D eigenvalue weighted by molar-refractivity contribution is 6.10. The summed E-state index contributed by atoms with van der Waals surface area (Å²) < 4.78 is 5.65. The minimum absolute atomic E-state index is 0.0331. The molecule has 1 unspecified atom stereocenters. The van der Waals surface area contributed by atoms with Gasteiger partial charge in [-0.1, -0.05) is 6.92 Å². The van der Waals surface area contributed by atoms with E-state index in [4.69, 9.17) is 4.74 Å². The molecule has 2 N–H and O–H groups in total. The predicted molar refractivity (Wildman–Crippen MR) is 79.4 cm³/mol. The highest BCUT2D eigenvalue weighted by Crippen LogP contribution is 2.26. The molecule has 1 aliphatic heterocycles. The number of benzene rings is 1. The Hall–Kier alpha value is -1.81. The summed E-state index contributed by atoms with van der Waals surface area (Å²) in [4.78, 5) is 15.7. The molecule has 3 rings (SSSR count). The van der Waals surface area contributed by atoms with Gasteiger partial charge in [0.1, 0.15) is 5.75 Å². The van der Waals surface area contributed by atoms with Crippen molar-refractivity contribution >= 4 is 16.7 Å². The van der Waals surface area contributed by atoms with Gasteiger partial charge in [-0.05, 0) is 44.0 Å². The molecule has 4 heteroatoms. The average molecular weight is 272 g/mol. The largest absolute Gasteiger partial charge is 0.494 e. The van der Waals surface area contributed by atoms with Gasteiger partial charge in [0, 0.05) is 22.7 Å². The molecule has 106 valence electrons. The van der Waals surface area contributed by atoms with Gasteiger partial charge >= 0.3 is 0 Å². The van der Waals surface area contributed by atoms with E-state index in [2.05, 4.69) is 17.2 Å². The second-order valence-electron chi connectivity index (χ2n) is 5.27. The van der Waals surface area contributed by atoms with Crippen LogP contribution in [0.1, 0.15) is 36.5 Å². The smallest absolute Gasteiger partial charge is 0.181 e. The van der Waals surface area contributed by atoms with Crippen molar-refractivity contribution in [2.24, 2.45) is 0 Å². The second kappa shape index (κ2) is 5.67. The molecule has 0 spiro atoms. The lowest BCUT2D eigenvalue weighted by atomic mass is 10.0. The van der Waals surface area contributed by atoms with Crippen LogP contribution in [0.4, 0.5) is 0 Å². The zero-order valence-corrected chi connectivity index (χ0v) is 11.7. The third-order valence-corrected chi connectivity index (χ3v) is 3.77. The Balaban J connectivity index is 1.91. The summed E-state index contributed by atoms with van der Waals surface area (Å²) in [5.41, 5.74) is 1.75. The quantitative estimate of drug-likeness (QED) is 0.823. The molecule has 2 heterocycles. The minimum atomic E-state index is -0.0331. The van der Waals surface area contributed by atoms with Gasteiger partial charge in [0.25, 0.3) is 0 Å². The summed E-state index contributed by atoms with van der Waals surface area (Å²) in [5, 5.41) is 4.22. The first-order valence-corrected chi connectivity index (χ1v) is 7.31. The summed E-state index contributed by atoms with van der Waals surface area (Å²) in [6.07, 6.45) is 4.79. The zero-order chi connectivity index (χ0) is 13.9. The minimum Gasteiger partial charge on any atom is -0.494 e. The van der Waals surface area contributed by atoms with E-state index in [1.54, 1.807) is 0 Å². The second-order valence-corrected chi connectivity index (χ2v) is 5.27. The van der Waals surface area contributed by atoms with E-state index in [0.717, 1.165) is 48.0 Å². The Bertz CT molecular complexity index is 612. The van der Waals surface area contributed by atoms with Crippen molar-refractivity contribution < 1.29 is 9.53 Å². The lowest BCUT2D eigenvalue weighted by Gasteiger charge is -2.08. The first kappa shape index (κ1) is 13.2. The molecular weight excluding hydrogens is 252 g/mol. The van der Waals surface area contributed by atoms with Crippen LogP contribution >= 0.6 is 0 Å².